The van der Waals surface area contributed by atoms with Crippen LogP contribution in [0.25, 0.3) is 0 Å². The van der Waals surface area contributed by atoms with E-state index in [0.29, 0.717) is 19.2 Å². The lowest BCUT2D eigenvalue weighted by atomic mass is 9.88. The Bertz CT molecular complexity index is 563. The maximum absolute atomic E-state index is 10.7. The van der Waals surface area contributed by atoms with E-state index >= 15 is 0 Å². The summed E-state index contributed by atoms with van der Waals surface area (Å²) in [5.41, 5.74) is 2.25. The van der Waals surface area contributed by atoms with Gasteiger partial charge in [-0.05, 0) is 49.4 Å². The molecule has 1 atom stereocenters. The molecule has 0 radical (unpaired) electrons. The average molecular weight is 349 g/mol. The Morgan fingerprint density at radius 3 is 2.56 bits per heavy atom. The minimum atomic E-state index is -0.440. The number of ether oxygens (including phenoxy) is 3. The second-order valence-corrected chi connectivity index (χ2v) is 7.10. The van der Waals surface area contributed by atoms with Crippen LogP contribution in [0.3, 0.4) is 0 Å². The quantitative estimate of drug-likeness (QED) is 0.829. The van der Waals surface area contributed by atoms with Gasteiger partial charge in [-0.3, -0.25) is 4.90 Å². The van der Waals surface area contributed by atoms with Gasteiger partial charge >= 0.3 is 0 Å². The van der Waals surface area contributed by atoms with E-state index in [0.717, 1.165) is 50.0 Å². The molecule has 0 spiro atoms. The number of hydrogen-bond acceptors (Lipinski definition) is 5. The predicted octanol–water partition coefficient (Wildman–Crippen LogP) is 2.91. The topological polar surface area (TPSA) is 51.2 Å². The van der Waals surface area contributed by atoms with Gasteiger partial charge in [0, 0.05) is 46.2 Å². The fraction of sp³-hybridized carbons (Fsp3) is 0.700. The van der Waals surface area contributed by atoms with Crippen LogP contribution < -0.4 is 4.74 Å². The highest BCUT2D eigenvalue weighted by atomic mass is 16.7. The van der Waals surface area contributed by atoms with E-state index in [4.69, 9.17) is 14.2 Å². The highest BCUT2D eigenvalue weighted by Gasteiger charge is 2.38. The van der Waals surface area contributed by atoms with E-state index in [-0.39, 0.29) is 0 Å². The van der Waals surface area contributed by atoms with Crippen LogP contribution in [0.2, 0.25) is 0 Å². The number of aliphatic hydroxyl groups is 1. The van der Waals surface area contributed by atoms with Gasteiger partial charge in [0.25, 0.3) is 0 Å². The summed E-state index contributed by atoms with van der Waals surface area (Å²) in [5.74, 6) is 0.473. The van der Waals surface area contributed by atoms with Gasteiger partial charge in [0.05, 0.1) is 12.7 Å². The van der Waals surface area contributed by atoms with Gasteiger partial charge in [-0.15, -0.1) is 0 Å². The fourth-order valence-electron chi connectivity index (χ4n) is 4.29. The number of nitrogens with zero attached hydrogens (tertiary/aromatic N) is 1. The standard InChI is InChI=1S/C20H31NO4/c1-4-25-17-5-6-18-15(13-17)9-12-21(14-19(18)22)16-7-10-20(23-2,24-3)11-8-16/h5-6,13,16,19,22H,4,7-12,14H2,1-3H3. The normalized spacial score (nSPS) is 24.6. The lowest BCUT2D eigenvalue weighted by Crippen LogP contribution is -2.46. The van der Waals surface area contributed by atoms with Crippen molar-refractivity contribution < 1.29 is 19.3 Å². The molecule has 1 aliphatic carbocycles. The zero-order chi connectivity index (χ0) is 17.9. The largest absolute Gasteiger partial charge is 0.494 e. The molecule has 0 amide bonds. The highest BCUT2D eigenvalue weighted by molar-refractivity contribution is 5.38. The Labute approximate surface area is 150 Å². The van der Waals surface area contributed by atoms with Gasteiger partial charge in [0.2, 0.25) is 0 Å². The maximum atomic E-state index is 10.7. The Balaban J connectivity index is 1.67. The molecule has 1 aromatic carbocycles. The maximum Gasteiger partial charge on any atom is 0.167 e. The van der Waals surface area contributed by atoms with Crippen molar-refractivity contribution in [2.24, 2.45) is 0 Å². The molecule has 5 nitrogen and oxygen atoms in total. The molecular formula is C20H31NO4. The van der Waals surface area contributed by atoms with E-state index in [1.54, 1.807) is 14.2 Å². The molecule has 1 aliphatic heterocycles. The molecule has 0 saturated heterocycles. The summed E-state index contributed by atoms with van der Waals surface area (Å²) in [6.07, 6.45) is 4.38. The molecule has 1 aromatic rings. The molecule has 5 heteroatoms. The minimum Gasteiger partial charge on any atom is -0.494 e. The van der Waals surface area contributed by atoms with Crippen molar-refractivity contribution in [1.82, 2.24) is 4.90 Å². The van der Waals surface area contributed by atoms with Crippen molar-refractivity contribution in [3.63, 3.8) is 0 Å². The summed E-state index contributed by atoms with van der Waals surface area (Å²) in [7, 11) is 3.46. The van der Waals surface area contributed by atoms with Crippen molar-refractivity contribution in [1.29, 1.82) is 0 Å². The van der Waals surface area contributed by atoms with E-state index in [9.17, 15) is 5.11 Å². The molecule has 0 aromatic heterocycles. The summed E-state index contributed by atoms with van der Waals surface area (Å²) in [6.45, 7) is 4.32. The second kappa shape index (κ2) is 8.04. The van der Waals surface area contributed by atoms with Gasteiger partial charge in [0.15, 0.2) is 5.79 Å². The molecule has 140 valence electrons. The van der Waals surface area contributed by atoms with E-state index < -0.39 is 11.9 Å². The van der Waals surface area contributed by atoms with Gasteiger partial charge in [-0.1, -0.05) is 6.07 Å². The Hall–Kier alpha value is -1.14. The number of hydrogen-bond donors (Lipinski definition) is 1. The summed E-state index contributed by atoms with van der Waals surface area (Å²) < 4.78 is 16.8. The zero-order valence-corrected chi connectivity index (χ0v) is 15.7. The fourth-order valence-corrected chi connectivity index (χ4v) is 4.29. The third kappa shape index (κ3) is 4.00. The molecule has 1 unspecified atom stereocenters. The summed E-state index contributed by atoms with van der Waals surface area (Å²) >= 11 is 0. The van der Waals surface area contributed by atoms with E-state index in [1.807, 2.05) is 19.1 Å². The first-order valence-electron chi connectivity index (χ1n) is 9.39. The zero-order valence-electron chi connectivity index (χ0n) is 15.7. The Morgan fingerprint density at radius 2 is 1.92 bits per heavy atom. The number of β-amino-alcohol motifs (C(OH)–C–C–N with tert-alkyl or cyclic N) is 1. The summed E-state index contributed by atoms with van der Waals surface area (Å²) in [6, 6.07) is 6.56. The number of methoxy groups -OCH3 is 2. The molecule has 2 aliphatic rings. The number of rotatable bonds is 5. The lowest BCUT2D eigenvalue weighted by molar-refractivity contribution is -0.228. The molecule has 1 N–H and O–H groups in total. The molecule has 1 heterocycles. The number of fused-ring (bicyclic) bond motifs is 1. The summed E-state index contributed by atoms with van der Waals surface area (Å²) in [4.78, 5) is 2.44. The molecular weight excluding hydrogens is 318 g/mol. The van der Waals surface area contributed by atoms with Crippen LogP contribution in [0.4, 0.5) is 0 Å². The smallest absolute Gasteiger partial charge is 0.167 e. The van der Waals surface area contributed by atoms with Crippen LogP contribution in [-0.4, -0.2) is 55.8 Å². The summed E-state index contributed by atoms with van der Waals surface area (Å²) in [5, 5.41) is 10.7. The van der Waals surface area contributed by atoms with Gasteiger partial charge in [0.1, 0.15) is 5.75 Å². The first-order chi connectivity index (χ1) is 12.1. The number of benzene rings is 1. The van der Waals surface area contributed by atoms with Crippen LogP contribution in [0.1, 0.15) is 49.8 Å². The van der Waals surface area contributed by atoms with E-state index in [1.165, 1.54) is 5.56 Å². The van der Waals surface area contributed by atoms with Crippen molar-refractivity contribution in [2.75, 3.05) is 33.9 Å². The minimum absolute atomic E-state index is 0.420. The molecule has 1 saturated carbocycles. The van der Waals surface area contributed by atoms with Crippen LogP contribution in [0.5, 0.6) is 5.75 Å². The highest BCUT2D eigenvalue weighted by Crippen LogP contribution is 2.36. The number of aliphatic hydroxyl groups excluding tert-OH is 1. The Kier molecular flexibility index (Phi) is 6.00. The Morgan fingerprint density at radius 1 is 1.20 bits per heavy atom. The van der Waals surface area contributed by atoms with Gasteiger partial charge < -0.3 is 19.3 Å². The van der Waals surface area contributed by atoms with Crippen molar-refractivity contribution in [3.8, 4) is 5.75 Å². The van der Waals surface area contributed by atoms with Crippen LogP contribution in [0, 0.1) is 0 Å². The SMILES string of the molecule is CCOc1ccc2c(c1)CCN(C1CCC(OC)(OC)CC1)CC2O. The molecule has 0 bridgehead atoms. The van der Waals surface area contributed by atoms with Crippen molar-refractivity contribution in [2.45, 2.75) is 57.0 Å². The second-order valence-electron chi connectivity index (χ2n) is 7.10. The van der Waals surface area contributed by atoms with Crippen molar-refractivity contribution in [3.05, 3.63) is 29.3 Å². The molecule has 25 heavy (non-hydrogen) atoms. The lowest BCUT2D eigenvalue weighted by Gasteiger charge is -2.42. The third-order valence-corrected chi connectivity index (χ3v) is 5.84. The molecule has 3 rings (SSSR count). The molecule has 1 fully saturated rings. The third-order valence-electron chi connectivity index (χ3n) is 5.84. The van der Waals surface area contributed by atoms with Crippen molar-refractivity contribution >= 4 is 0 Å². The van der Waals surface area contributed by atoms with E-state index in [2.05, 4.69) is 11.0 Å². The van der Waals surface area contributed by atoms with Gasteiger partial charge in [-0.25, -0.2) is 0 Å². The predicted molar refractivity (Wildman–Crippen MR) is 96.9 cm³/mol. The van der Waals surface area contributed by atoms with Crippen LogP contribution in [-0.2, 0) is 15.9 Å². The first kappa shape index (κ1) is 18.6. The van der Waals surface area contributed by atoms with Crippen LogP contribution >= 0.6 is 0 Å². The van der Waals surface area contributed by atoms with Gasteiger partial charge in [-0.2, -0.15) is 0 Å². The first-order valence-corrected chi connectivity index (χ1v) is 9.39. The van der Waals surface area contributed by atoms with Crippen LogP contribution in [0.15, 0.2) is 18.2 Å². The average Bonchev–Trinajstić information content (AvgIpc) is 2.81. The monoisotopic (exact) mass is 349 g/mol.